The Bertz CT molecular complexity index is 458. The lowest BCUT2D eigenvalue weighted by atomic mass is 10.4. The van der Waals surface area contributed by atoms with Crippen LogP contribution >= 0.6 is 0 Å². The maximum atomic E-state index is 12.5. The Labute approximate surface area is 143 Å². The number of carbonyl (C=O) groups is 1. The number of rotatable bonds is 7. The Morgan fingerprint density at radius 2 is 1.96 bits per heavy atom. The molecule has 9 heteroatoms. The molecule has 0 spiro atoms. The van der Waals surface area contributed by atoms with Crippen LogP contribution in [-0.2, 0) is 18.1 Å². The van der Waals surface area contributed by atoms with Gasteiger partial charge in [0.1, 0.15) is 0 Å². The minimum atomic E-state index is -4.19. The maximum absolute atomic E-state index is 12.5. The first-order valence-corrected chi connectivity index (χ1v) is 13.5. The number of esters is 1. The molecule has 0 saturated carbocycles. The van der Waals surface area contributed by atoms with Gasteiger partial charge in [0.2, 0.25) is 0 Å². The zero-order valence-corrected chi connectivity index (χ0v) is 16.6. The van der Waals surface area contributed by atoms with Gasteiger partial charge in [-0.3, -0.25) is 0 Å². The van der Waals surface area contributed by atoms with Crippen LogP contribution in [0.25, 0.3) is 0 Å². The fraction of sp³-hybridized carbons (Fsp3) is 0.800. The van der Waals surface area contributed by atoms with Crippen molar-refractivity contribution in [3.8, 4) is 0 Å². The third-order valence-corrected chi connectivity index (χ3v) is 12.5. The Hall–Kier alpha value is -0.646. The molecule has 1 fully saturated rings. The average Bonchev–Trinajstić information content (AvgIpc) is 2.60. The van der Waals surface area contributed by atoms with Gasteiger partial charge in [-0.15, -0.1) is 0 Å². The van der Waals surface area contributed by atoms with Gasteiger partial charge in [0, 0.05) is 18.6 Å². The first-order valence-electron chi connectivity index (χ1n) is 8.18. The molecule has 2 unspecified atom stereocenters. The van der Waals surface area contributed by atoms with Gasteiger partial charge in [0.05, 0.1) is 6.61 Å². The Morgan fingerprint density at radius 1 is 1.29 bits per heavy atom. The number of ether oxygens (including phenoxy) is 1. The topological polar surface area (TPSA) is 44.8 Å². The lowest BCUT2D eigenvalue weighted by molar-refractivity contribution is -0.139. The summed E-state index contributed by atoms with van der Waals surface area (Å²) < 4.78 is 54.6. The minimum absolute atomic E-state index is 0.0657. The summed E-state index contributed by atoms with van der Waals surface area (Å²) in [5.74, 6) is -0.420. The Kier molecular flexibility index (Phi) is 7.70. The van der Waals surface area contributed by atoms with E-state index in [9.17, 15) is 18.0 Å². The summed E-state index contributed by atoms with van der Waals surface area (Å²) in [6.07, 6.45) is -3.60. The van der Waals surface area contributed by atoms with Gasteiger partial charge < -0.3 is 13.3 Å². The van der Waals surface area contributed by atoms with Gasteiger partial charge in [0.25, 0.3) is 0 Å². The molecule has 24 heavy (non-hydrogen) atoms. The fourth-order valence-electron chi connectivity index (χ4n) is 2.74. The van der Waals surface area contributed by atoms with Crippen LogP contribution in [0.1, 0.15) is 26.2 Å². The first kappa shape index (κ1) is 21.4. The molecule has 140 valence electrons. The van der Waals surface area contributed by atoms with Crippen molar-refractivity contribution in [1.82, 2.24) is 0 Å². The highest BCUT2D eigenvalue weighted by atomic mass is 28.4. The molecule has 4 nitrogen and oxygen atoms in total. The van der Waals surface area contributed by atoms with E-state index < -0.39 is 35.4 Å². The molecule has 1 saturated heterocycles. The minimum Gasteiger partial charge on any atom is -0.462 e. The fourth-order valence-corrected chi connectivity index (χ4v) is 11.9. The van der Waals surface area contributed by atoms with E-state index in [1.165, 1.54) is 0 Å². The second-order valence-corrected chi connectivity index (χ2v) is 14.5. The van der Waals surface area contributed by atoms with Crippen LogP contribution in [0.5, 0.6) is 0 Å². The van der Waals surface area contributed by atoms with E-state index in [-0.39, 0.29) is 12.7 Å². The van der Waals surface area contributed by atoms with Crippen LogP contribution in [0.3, 0.4) is 0 Å². The van der Waals surface area contributed by atoms with Gasteiger partial charge in [0.15, 0.2) is 8.32 Å². The Balaban J connectivity index is 2.54. The summed E-state index contributed by atoms with van der Waals surface area (Å²) in [6.45, 7) is 9.62. The van der Waals surface area contributed by atoms with E-state index in [0.717, 1.165) is 18.5 Å². The number of alkyl halides is 3. The van der Waals surface area contributed by atoms with Crippen molar-refractivity contribution < 1.29 is 31.2 Å². The normalized spacial score (nSPS) is 28.2. The van der Waals surface area contributed by atoms with E-state index in [4.69, 9.17) is 13.3 Å². The van der Waals surface area contributed by atoms with E-state index in [0.29, 0.717) is 18.6 Å². The number of hydrogen-bond donors (Lipinski definition) is 0. The zero-order valence-electron chi connectivity index (χ0n) is 14.6. The molecule has 1 aliphatic heterocycles. The van der Waals surface area contributed by atoms with Crippen molar-refractivity contribution in [3.05, 3.63) is 12.2 Å². The van der Waals surface area contributed by atoms with Gasteiger partial charge in [-0.2, -0.15) is 13.2 Å². The van der Waals surface area contributed by atoms with Gasteiger partial charge in [-0.25, -0.2) is 4.79 Å². The summed E-state index contributed by atoms with van der Waals surface area (Å²) in [4.78, 5) is 11.3. The number of carbonyl (C=O) groups excluding carboxylic acids is 1. The highest BCUT2D eigenvalue weighted by Crippen LogP contribution is 2.34. The number of hydrogen-bond acceptors (Lipinski definition) is 4. The standard InChI is InChI=1S/C15H27F3O4Si2/c1-13(2)14(19)20-8-5-10-23(3)11-6-9-21-24(4,22-23)12-7-15(16,17)18/h1,5-12H2,2-4H3. The molecular formula is C15H27F3O4Si2. The molecule has 0 radical (unpaired) electrons. The maximum Gasteiger partial charge on any atom is 0.389 e. The van der Waals surface area contributed by atoms with Crippen LogP contribution in [0.15, 0.2) is 12.2 Å². The summed E-state index contributed by atoms with van der Waals surface area (Å²) in [5.41, 5.74) is 0.352. The molecule has 2 atom stereocenters. The van der Waals surface area contributed by atoms with Crippen LogP contribution in [-0.4, -0.2) is 42.2 Å². The summed E-state index contributed by atoms with van der Waals surface area (Å²) in [7, 11) is -4.97. The van der Waals surface area contributed by atoms with Crippen LogP contribution in [0.2, 0.25) is 31.2 Å². The zero-order chi connectivity index (χ0) is 18.4. The summed E-state index contributed by atoms with van der Waals surface area (Å²) in [6, 6.07) is 1.54. The van der Waals surface area contributed by atoms with Crippen molar-refractivity contribution in [1.29, 1.82) is 0 Å². The molecule has 0 N–H and O–H groups in total. The highest BCUT2D eigenvalue weighted by Gasteiger charge is 2.45. The van der Waals surface area contributed by atoms with E-state index in [1.54, 1.807) is 13.5 Å². The molecule has 1 aliphatic rings. The SMILES string of the molecule is C=C(C)C(=O)OCCC[Si]1(C)CCCO[Si](C)(CCC(F)(F)F)O1. The highest BCUT2D eigenvalue weighted by molar-refractivity contribution is 6.83. The van der Waals surface area contributed by atoms with Crippen LogP contribution in [0, 0.1) is 0 Å². The summed E-state index contributed by atoms with van der Waals surface area (Å²) >= 11 is 0. The lowest BCUT2D eigenvalue weighted by Crippen LogP contribution is -2.48. The second-order valence-electron chi connectivity index (χ2n) is 6.77. The van der Waals surface area contributed by atoms with Crippen LogP contribution in [0.4, 0.5) is 13.2 Å². The third-order valence-electron chi connectivity index (χ3n) is 4.01. The molecular weight excluding hydrogens is 357 g/mol. The summed E-state index contributed by atoms with van der Waals surface area (Å²) in [5, 5.41) is 0. The average molecular weight is 385 g/mol. The molecule has 1 rings (SSSR count). The van der Waals surface area contributed by atoms with Crippen molar-refractivity contribution in [2.75, 3.05) is 13.2 Å². The van der Waals surface area contributed by atoms with Crippen molar-refractivity contribution in [3.63, 3.8) is 0 Å². The molecule has 0 amide bonds. The predicted octanol–water partition coefficient (Wildman–Crippen LogP) is 4.53. The lowest BCUT2D eigenvalue weighted by Gasteiger charge is -2.35. The monoisotopic (exact) mass is 384 g/mol. The van der Waals surface area contributed by atoms with Crippen molar-refractivity contribution in [2.24, 2.45) is 0 Å². The quantitative estimate of drug-likeness (QED) is 0.280. The second kappa shape index (κ2) is 8.64. The molecule has 0 aromatic rings. The van der Waals surface area contributed by atoms with Crippen molar-refractivity contribution in [2.45, 2.75) is 63.6 Å². The third kappa shape index (κ3) is 7.95. The molecule has 0 aliphatic carbocycles. The molecule has 0 aromatic carbocycles. The van der Waals surface area contributed by atoms with E-state index in [2.05, 4.69) is 6.58 Å². The van der Waals surface area contributed by atoms with Gasteiger partial charge in [-0.05, 0) is 51.0 Å². The Morgan fingerprint density at radius 3 is 2.54 bits per heavy atom. The molecule has 1 heterocycles. The predicted molar refractivity (Wildman–Crippen MR) is 90.4 cm³/mol. The van der Waals surface area contributed by atoms with E-state index >= 15 is 0 Å². The largest absolute Gasteiger partial charge is 0.462 e. The van der Waals surface area contributed by atoms with Gasteiger partial charge >= 0.3 is 20.7 Å². The first-order chi connectivity index (χ1) is 10.9. The van der Waals surface area contributed by atoms with Crippen molar-refractivity contribution >= 4 is 22.8 Å². The smallest absolute Gasteiger partial charge is 0.389 e. The van der Waals surface area contributed by atoms with Gasteiger partial charge in [-0.1, -0.05) is 6.58 Å². The number of halogens is 3. The molecule has 0 aromatic heterocycles. The molecule has 0 bridgehead atoms. The van der Waals surface area contributed by atoms with Crippen LogP contribution < -0.4 is 0 Å². The van der Waals surface area contributed by atoms with E-state index in [1.807, 2.05) is 6.55 Å².